The summed E-state index contributed by atoms with van der Waals surface area (Å²) in [5.41, 5.74) is 1.46. The van der Waals surface area contributed by atoms with Crippen LogP contribution in [0.4, 0.5) is 0 Å². The van der Waals surface area contributed by atoms with Crippen molar-refractivity contribution in [3.8, 4) is 5.75 Å². The number of rotatable bonds is 4. The predicted molar refractivity (Wildman–Crippen MR) is 109 cm³/mol. The van der Waals surface area contributed by atoms with Crippen LogP contribution in [-0.2, 0) is 11.2 Å². The van der Waals surface area contributed by atoms with Crippen molar-refractivity contribution in [3.05, 3.63) is 65.7 Å². The van der Waals surface area contributed by atoms with Gasteiger partial charge >= 0.3 is 0 Å². The molecule has 1 amide bonds. The highest BCUT2D eigenvalue weighted by Crippen LogP contribution is 2.49. The Morgan fingerprint density at radius 1 is 1.11 bits per heavy atom. The number of carbonyl (C=O) groups excluding carboxylic acids is 1. The molecule has 1 saturated heterocycles. The molecule has 4 rings (SSSR count). The van der Waals surface area contributed by atoms with E-state index in [-0.39, 0.29) is 17.9 Å². The third-order valence-electron chi connectivity index (χ3n) is 6.54. The first kappa shape index (κ1) is 19.0. The Morgan fingerprint density at radius 3 is 2.57 bits per heavy atom. The van der Waals surface area contributed by atoms with Crippen LogP contribution in [0.25, 0.3) is 0 Å². The van der Waals surface area contributed by atoms with Crippen molar-refractivity contribution in [1.82, 2.24) is 4.90 Å². The van der Waals surface area contributed by atoms with Gasteiger partial charge < -0.3 is 14.7 Å². The van der Waals surface area contributed by atoms with Gasteiger partial charge in [0, 0.05) is 12.5 Å². The molecule has 1 N–H and O–H groups in total. The molecule has 1 aliphatic heterocycles. The summed E-state index contributed by atoms with van der Waals surface area (Å²) in [5.74, 6) is 1.03. The second-order valence-corrected chi connectivity index (χ2v) is 8.17. The monoisotopic (exact) mass is 379 g/mol. The second kappa shape index (κ2) is 7.96. The molecule has 1 heterocycles. The molecule has 1 saturated carbocycles. The fourth-order valence-electron chi connectivity index (χ4n) is 5.05. The molecule has 0 radical (unpaired) electrons. The fraction of sp³-hybridized carbons (Fsp3) is 0.458. The van der Waals surface area contributed by atoms with E-state index in [1.165, 1.54) is 0 Å². The lowest BCUT2D eigenvalue weighted by Crippen LogP contribution is -2.56. The average molecular weight is 380 g/mol. The highest BCUT2D eigenvalue weighted by molar-refractivity contribution is 5.79. The second-order valence-electron chi connectivity index (χ2n) is 8.17. The van der Waals surface area contributed by atoms with Gasteiger partial charge in [-0.25, -0.2) is 0 Å². The molecule has 0 aromatic heterocycles. The highest BCUT2D eigenvalue weighted by atomic mass is 16.5. The number of benzene rings is 2. The molecule has 0 bridgehead atoms. The van der Waals surface area contributed by atoms with Gasteiger partial charge in [-0.1, -0.05) is 55.3 Å². The Balaban J connectivity index is 1.66. The Morgan fingerprint density at radius 2 is 1.86 bits per heavy atom. The zero-order chi connectivity index (χ0) is 19.6. The summed E-state index contributed by atoms with van der Waals surface area (Å²) in [6.07, 6.45) is 5.05. The standard InChI is InChI=1S/C24H29NO3/c1-28-20-12-10-19(11-13-20)23-21-9-5-6-14-24(21,27)15-16-25(23)22(26)17-18-7-3-2-4-8-18/h2-4,7-8,10-13,21,23,27H,5-6,9,14-17H2,1H3/t21-,23-,24-/m0/s1. The van der Waals surface area contributed by atoms with Gasteiger partial charge in [0.25, 0.3) is 0 Å². The number of piperidine rings is 1. The quantitative estimate of drug-likeness (QED) is 0.869. The summed E-state index contributed by atoms with van der Waals surface area (Å²) in [6.45, 7) is 0.607. The number of methoxy groups -OCH3 is 1. The van der Waals surface area contributed by atoms with Crippen molar-refractivity contribution >= 4 is 5.91 Å². The number of likely N-dealkylation sites (tertiary alicyclic amines) is 1. The van der Waals surface area contributed by atoms with E-state index in [4.69, 9.17) is 4.74 Å². The van der Waals surface area contributed by atoms with Gasteiger partial charge in [-0.2, -0.15) is 0 Å². The lowest BCUT2D eigenvalue weighted by molar-refractivity contribution is -0.154. The van der Waals surface area contributed by atoms with Gasteiger partial charge in [-0.3, -0.25) is 4.79 Å². The van der Waals surface area contributed by atoms with E-state index < -0.39 is 5.60 Å². The number of aliphatic hydroxyl groups is 1. The number of hydrogen-bond donors (Lipinski definition) is 1. The Labute approximate surface area is 167 Å². The molecular formula is C24H29NO3. The highest BCUT2D eigenvalue weighted by Gasteiger charge is 2.50. The molecule has 148 valence electrons. The van der Waals surface area contributed by atoms with E-state index in [0.717, 1.165) is 42.6 Å². The summed E-state index contributed by atoms with van der Waals surface area (Å²) >= 11 is 0. The fourth-order valence-corrected chi connectivity index (χ4v) is 5.05. The number of ether oxygens (including phenoxy) is 1. The average Bonchev–Trinajstić information content (AvgIpc) is 2.73. The van der Waals surface area contributed by atoms with Gasteiger partial charge in [-0.05, 0) is 42.5 Å². The Hall–Kier alpha value is -2.33. The van der Waals surface area contributed by atoms with Gasteiger partial charge in [0.1, 0.15) is 5.75 Å². The molecule has 4 heteroatoms. The van der Waals surface area contributed by atoms with Gasteiger partial charge in [0.05, 0.1) is 25.2 Å². The maximum Gasteiger partial charge on any atom is 0.227 e. The van der Waals surface area contributed by atoms with Gasteiger partial charge in [0.15, 0.2) is 0 Å². The van der Waals surface area contributed by atoms with Crippen molar-refractivity contribution in [2.75, 3.05) is 13.7 Å². The smallest absolute Gasteiger partial charge is 0.227 e. The third kappa shape index (κ3) is 3.66. The van der Waals surface area contributed by atoms with E-state index in [1.54, 1.807) is 7.11 Å². The van der Waals surface area contributed by atoms with E-state index in [2.05, 4.69) is 0 Å². The third-order valence-corrected chi connectivity index (χ3v) is 6.54. The van der Waals surface area contributed by atoms with Crippen LogP contribution < -0.4 is 4.74 Å². The topological polar surface area (TPSA) is 49.8 Å². The van der Waals surface area contributed by atoms with Crippen molar-refractivity contribution < 1.29 is 14.6 Å². The molecule has 3 atom stereocenters. The molecule has 0 spiro atoms. The Bertz CT molecular complexity index is 804. The summed E-state index contributed by atoms with van der Waals surface area (Å²) in [4.78, 5) is 15.3. The van der Waals surface area contributed by atoms with Crippen molar-refractivity contribution in [3.63, 3.8) is 0 Å². The van der Waals surface area contributed by atoms with Crippen LogP contribution in [-0.4, -0.2) is 35.2 Å². The van der Waals surface area contributed by atoms with Crippen molar-refractivity contribution in [2.24, 2.45) is 5.92 Å². The summed E-state index contributed by atoms with van der Waals surface area (Å²) < 4.78 is 5.31. The van der Waals surface area contributed by atoms with E-state index in [1.807, 2.05) is 59.5 Å². The molecule has 2 fully saturated rings. The van der Waals surface area contributed by atoms with E-state index in [0.29, 0.717) is 19.4 Å². The SMILES string of the molecule is COc1ccc([C@H]2[C@@H]3CCCC[C@]3(O)CCN2C(=O)Cc2ccccc2)cc1. The van der Waals surface area contributed by atoms with E-state index in [9.17, 15) is 9.90 Å². The van der Waals surface area contributed by atoms with Crippen LogP contribution in [0, 0.1) is 5.92 Å². The molecule has 1 aliphatic carbocycles. The minimum Gasteiger partial charge on any atom is -0.497 e. The normalized spacial score (nSPS) is 27.1. The lowest BCUT2D eigenvalue weighted by atomic mass is 9.66. The van der Waals surface area contributed by atoms with Crippen LogP contribution in [0.1, 0.15) is 49.3 Å². The zero-order valence-corrected chi connectivity index (χ0v) is 16.5. The van der Waals surface area contributed by atoms with Crippen LogP contribution in [0.5, 0.6) is 5.75 Å². The summed E-state index contributed by atoms with van der Waals surface area (Å²) in [5, 5.41) is 11.4. The van der Waals surface area contributed by atoms with E-state index >= 15 is 0 Å². The van der Waals surface area contributed by atoms with Crippen LogP contribution in [0.15, 0.2) is 54.6 Å². The molecule has 2 aromatic carbocycles. The molecule has 0 unspecified atom stereocenters. The number of fused-ring (bicyclic) bond motifs is 1. The van der Waals surface area contributed by atoms with Crippen molar-refractivity contribution in [2.45, 2.75) is 50.2 Å². The summed E-state index contributed by atoms with van der Waals surface area (Å²) in [6, 6.07) is 17.8. The van der Waals surface area contributed by atoms with Crippen LogP contribution >= 0.6 is 0 Å². The largest absolute Gasteiger partial charge is 0.497 e. The lowest BCUT2D eigenvalue weighted by Gasteiger charge is -2.52. The van der Waals surface area contributed by atoms with Crippen LogP contribution in [0.3, 0.4) is 0 Å². The first-order valence-electron chi connectivity index (χ1n) is 10.3. The maximum absolute atomic E-state index is 13.3. The number of carbonyl (C=O) groups is 1. The van der Waals surface area contributed by atoms with Crippen molar-refractivity contribution in [1.29, 1.82) is 0 Å². The first-order chi connectivity index (χ1) is 13.6. The van der Waals surface area contributed by atoms with Gasteiger partial charge in [0.2, 0.25) is 5.91 Å². The number of hydrogen-bond acceptors (Lipinski definition) is 3. The maximum atomic E-state index is 13.3. The molecule has 2 aliphatic rings. The minimum absolute atomic E-state index is 0.0823. The molecule has 28 heavy (non-hydrogen) atoms. The number of amides is 1. The van der Waals surface area contributed by atoms with Crippen LogP contribution in [0.2, 0.25) is 0 Å². The minimum atomic E-state index is -0.660. The number of nitrogens with zero attached hydrogens (tertiary/aromatic N) is 1. The molecular weight excluding hydrogens is 350 g/mol. The zero-order valence-electron chi connectivity index (χ0n) is 16.5. The molecule has 4 nitrogen and oxygen atoms in total. The Kier molecular flexibility index (Phi) is 5.40. The first-order valence-corrected chi connectivity index (χ1v) is 10.3. The summed E-state index contributed by atoms with van der Waals surface area (Å²) in [7, 11) is 1.66. The van der Waals surface area contributed by atoms with Gasteiger partial charge in [-0.15, -0.1) is 0 Å². The predicted octanol–water partition coefficient (Wildman–Crippen LogP) is 4.13. The molecule has 2 aromatic rings.